The van der Waals surface area contributed by atoms with Crippen molar-refractivity contribution in [3.8, 4) is 0 Å². The van der Waals surface area contributed by atoms with Crippen molar-refractivity contribution in [1.29, 1.82) is 0 Å². The van der Waals surface area contributed by atoms with Crippen LogP contribution in [0.3, 0.4) is 0 Å². The quantitative estimate of drug-likeness (QED) is 0.539. The maximum absolute atomic E-state index is 11.5. The molecule has 4 nitrogen and oxygen atoms in total. The van der Waals surface area contributed by atoms with Gasteiger partial charge in [-0.1, -0.05) is 18.2 Å². The maximum atomic E-state index is 11.5. The fraction of sp³-hybridized carbons (Fsp3) is 0.300. The Labute approximate surface area is 88.6 Å². The summed E-state index contributed by atoms with van der Waals surface area (Å²) in [5.74, 6) is -0.547. The lowest BCUT2D eigenvalue weighted by Crippen LogP contribution is -2.35. The molecule has 0 spiro atoms. The number of ether oxygens (including phenoxy) is 1. The minimum absolute atomic E-state index is 0.156. The van der Waals surface area contributed by atoms with Gasteiger partial charge in [-0.3, -0.25) is 0 Å². The third-order valence-electron chi connectivity index (χ3n) is 1.80. The fourth-order valence-corrected chi connectivity index (χ4v) is 1.19. The zero-order valence-corrected chi connectivity index (χ0v) is 8.68. The highest BCUT2D eigenvalue weighted by molar-refractivity contribution is 6.60. The summed E-state index contributed by atoms with van der Waals surface area (Å²) in [6, 6.07) is 6.24. The van der Waals surface area contributed by atoms with Crippen molar-refractivity contribution in [1.82, 2.24) is 0 Å². The lowest BCUT2D eigenvalue weighted by Gasteiger charge is -2.10. The Morgan fingerprint density at radius 2 is 1.93 bits per heavy atom. The molecule has 0 saturated carbocycles. The molecule has 1 aromatic rings. The second-order valence-corrected chi connectivity index (χ2v) is 3.41. The Morgan fingerprint density at radius 1 is 1.33 bits per heavy atom. The van der Waals surface area contributed by atoms with Crippen LogP contribution in [0.25, 0.3) is 0 Å². The summed E-state index contributed by atoms with van der Waals surface area (Å²) in [6.07, 6.45) is -0.235. The summed E-state index contributed by atoms with van der Waals surface area (Å²) in [6.45, 7) is 3.46. The summed E-state index contributed by atoms with van der Waals surface area (Å²) in [5.41, 5.74) is 0.337. The number of rotatable bonds is 3. The highest BCUT2D eigenvalue weighted by Gasteiger charge is 2.21. The van der Waals surface area contributed by atoms with E-state index in [9.17, 15) is 4.79 Å². The highest BCUT2D eigenvalue weighted by Crippen LogP contribution is 2.02. The van der Waals surface area contributed by atoms with E-state index in [4.69, 9.17) is 14.8 Å². The van der Waals surface area contributed by atoms with Gasteiger partial charge in [-0.2, -0.15) is 0 Å². The average Bonchev–Trinajstić information content (AvgIpc) is 2.16. The summed E-state index contributed by atoms with van der Waals surface area (Å²) < 4.78 is 4.97. The molecule has 0 aliphatic carbocycles. The summed E-state index contributed by atoms with van der Waals surface area (Å²) >= 11 is 0. The number of carbonyl (C=O) groups is 1. The normalized spacial score (nSPS) is 10.2. The van der Waals surface area contributed by atoms with Crippen molar-refractivity contribution >= 4 is 18.6 Å². The molecule has 0 aliphatic rings. The lowest BCUT2D eigenvalue weighted by molar-refractivity contribution is 0.0379. The molecule has 2 N–H and O–H groups in total. The van der Waals surface area contributed by atoms with Gasteiger partial charge < -0.3 is 14.8 Å². The van der Waals surface area contributed by atoms with E-state index in [0.717, 1.165) is 0 Å². The van der Waals surface area contributed by atoms with Crippen molar-refractivity contribution in [2.75, 3.05) is 0 Å². The first-order valence-electron chi connectivity index (χ1n) is 4.68. The van der Waals surface area contributed by atoms with Gasteiger partial charge in [-0.05, 0) is 25.4 Å². The first kappa shape index (κ1) is 11.7. The van der Waals surface area contributed by atoms with Crippen molar-refractivity contribution in [2.45, 2.75) is 20.0 Å². The first-order valence-corrected chi connectivity index (χ1v) is 4.68. The van der Waals surface area contributed by atoms with E-state index in [1.54, 1.807) is 26.0 Å². The SMILES string of the molecule is CC(C)OC(=O)c1ccccc1B(O)O. The largest absolute Gasteiger partial charge is 0.489 e. The van der Waals surface area contributed by atoms with Crippen LogP contribution in [0.4, 0.5) is 0 Å². The number of hydrogen-bond acceptors (Lipinski definition) is 4. The van der Waals surface area contributed by atoms with Crippen LogP contribution in [0.2, 0.25) is 0 Å². The van der Waals surface area contributed by atoms with Crippen molar-refractivity contribution in [2.24, 2.45) is 0 Å². The first-order chi connectivity index (χ1) is 7.02. The van der Waals surface area contributed by atoms with E-state index < -0.39 is 13.1 Å². The van der Waals surface area contributed by atoms with Crippen LogP contribution >= 0.6 is 0 Å². The zero-order chi connectivity index (χ0) is 11.4. The van der Waals surface area contributed by atoms with E-state index in [2.05, 4.69) is 0 Å². The molecule has 15 heavy (non-hydrogen) atoms. The molecule has 1 rings (SSSR count). The van der Waals surface area contributed by atoms with Crippen LogP contribution in [0.1, 0.15) is 24.2 Å². The minimum atomic E-state index is -1.67. The monoisotopic (exact) mass is 208 g/mol. The van der Waals surface area contributed by atoms with Crippen molar-refractivity contribution in [3.63, 3.8) is 0 Å². The Hall–Kier alpha value is -1.33. The molecule has 5 heteroatoms. The van der Waals surface area contributed by atoms with Gasteiger partial charge in [0, 0.05) is 0 Å². The molecule has 0 heterocycles. The lowest BCUT2D eigenvalue weighted by atomic mass is 9.77. The second kappa shape index (κ2) is 4.95. The predicted molar refractivity (Wildman–Crippen MR) is 56.8 cm³/mol. The molecule has 0 aromatic heterocycles. The van der Waals surface area contributed by atoms with Gasteiger partial charge in [-0.15, -0.1) is 0 Å². The Kier molecular flexibility index (Phi) is 3.88. The summed E-state index contributed by atoms with van der Waals surface area (Å²) in [5, 5.41) is 18.1. The molecule has 80 valence electrons. The van der Waals surface area contributed by atoms with Crippen LogP contribution in [0, 0.1) is 0 Å². The van der Waals surface area contributed by atoms with Crippen LogP contribution < -0.4 is 5.46 Å². The zero-order valence-electron chi connectivity index (χ0n) is 8.68. The maximum Gasteiger partial charge on any atom is 0.489 e. The molecule has 0 radical (unpaired) electrons. The number of benzene rings is 1. The Bertz CT molecular complexity index is 349. The molecule has 1 aromatic carbocycles. The molecular weight excluding hydrogens is 195 g/mol. The molecule has 0 saturated heterocycles. The van der Waals surface area contributed by atoms with Crippen LogP contribution in [0.5, 0.6) is 0 Å². The Balaban J connectivity index is 2.97. The molecule has 0 unspecified atom stereocenters. The van der Waals surface area contributed by atoms with Gasteiger partial charge in [0.1, 0.15) is 0 Å². The molecule has 0 fully saturated rings. The van der Waals surface area contributed by atoms with Crippen molar-refractivity contribution in [3.05, 3.63) is 29.8 Å². The highest BCUT2D eigenvalue weighted by atomic mass is 16.5. The third-order valence-corrected chi connectivity index (χ3v) is 1.80. The molecule has 0 aliphatic heterocycles. The predicted octanol–water partition coefficient (Wildman–Crippen LogP) is -0.0684. The van der Waals surface area contributed by atoms with Crippen molar-refractivity contribution < 1.29 is 19.6 Å². The van der Waals surface area contributed by atoms with Gasteiger partial charge in [0.05, 0.1) is 11.7 Å². The van der Waals surface area contributed by atoms with E-state index in [1.165, 1.54) is 12.1 Å². The average molecular weight is 208 g/mol. The molecule has 0 atom stereocenters. The molecule has 0 amide bonds. The van der Waals surface area contributed by atoms with Gasteiger partial charge in [-0.25, -0.2) is 4.79 Å². The van der Waals surface area contributed by atoms with Crippen LogP contribution in [-0.4, -0.2) is 29.2 Å². The number of esters is 1. The third kappa shape index (κ3) is 3.07. The van der Waals surface area contributed by atoms with E-state index in [1.807, 2.05) is 0 Å². The van der Waals surface area contributed by atoms with Crippen LogP contribution in [0.15, 0.2) is 24.3 Å². The minimum Gasteiger partial charge on any atom is -0.459 e. The van der Waals surface area contributed by atoms with E-state index >= 15 is 0 Å². The van der Waals surface area contributed by atoms with Gasteiger partial charge in [0.25, 0.3) is 0 Å². The fourth-order valence-electron chi connectivity index (χ4n) is 1.19. The number of hydrogen-bond donors (Lipinski definition) is 2. The summed E-state index contributed by atoms with van der Waals surface area (Å²) in [4.78, 5) is 11.5. The van der Waals surface area contributed by atoms with E-state index in [0.29, 0.717) is 0 Å². The van der Waals surface area contributed by atoms with E-state index in [-0.39, 0.29) is 17.1 Å². The topological polar surface area (TPSA) is 66.8 Å². The van der Waals surface area contributed by atoms with Gasteiger partial charge >= 0.3 is 13.1 Å². The second-order valence-electron chi connectivity index (χ2n) is 3.41. The van der Waals surface area contributed by atoms with Gasteiger partial charge in [0.15, 0.2) is 0 Å². The van der Waals surface area contributed by atoms with Crippen LogP contribution in [-0.2, 0) is 4.74 Å². The standard InChI is InChI=1S/C10H13BO4/c1-7(2)15-10(12)8-5-3-4-6-9(8)11(13)14/h3-7,13-14H,1-2H3. The Morgan fingerprint density at radius 3 is 2.47 bits per heavy atom. The molecule has 0 bridgehead atoms. The number of carbonyl (C=O) groups excluding carboxylic acids is 1. The molecular formula is C10H13BO4. The van der Waals surface area contributed by atoms with Gasteiger partial charge in [0.2, 0.25) is 0 Å². The summed E-state index contributed by atoms with van der Waals surface area (Å²) in [7, 11) is -1.67. The smallest absolute Gasteiger partial charge is 0.459 e.